The lowest BCUT2D eigenvalue weighted by atomic mass is 9.92. The van der Waals surface area contributed by atoms with Crippen LogP contribution in [0.5, 0.6) is 5.75 Å². The zero-order valence-corrected chi connectivity index (χ0v) is 14.9. The minimum Gasteiger partial charge on any atom is -0.495 e. The van der Waals surface area contributed by atoms with Crippen molar-refractivity contribution >= 4 is 23.2 Å². The molecule has 1 aliphatic rings. The van der Waals surface area contributed by atoms with Crippen LogP contribution < -0.4 is 10.1 Å². The molecule has 5 nitrogen and oxygen atoms in total. The van der Waals surface area contributed by atoms with Gasteiger partial charge >= 0.3 is 0 Å². The molecule has 1 fully saturated rings. The topological polar surface area (TPSA) is 65.4 Å². The van der Waals surface area contributed by atoms with Crippen LogP contribution in [0.2, 0.25) is 5.02 Å². The maximum atomic E-state index is 12.4. The van der Waals surface area contributed by atoms with Gasteiger partial charge in [-0.15, -0.1) is 0 Å². The molecule has 6 heteroatoms. The molecule has 0 spiro atoms. The van der Waals surface area contributed by atoms with E-state index in [2.05, 4.69) is 19.2 Å². The van der Waals surface area contributed by atoms with Crippen molar-refractivity contribution in [1.29, 1.82) is 5.26 Å². The molecule has 1 aromatic rings. The largest absolute Gasteiger partial charge is 0.495 e. The Hall–Kier alpha value is -2.19. The van der Waals surface area contributed by atoms with Crippen LogP contribution in [0.15, 0.2) is 30.0 Å². The molecule has 2 atom stereocenters. The first-order valence-corrected chi connectivity index (χ1v) is 8.31. The second-order valence-corrected chi connectivity index (χ2v) is 6.79. The summed E-state index contributed by atoms with van der Waals surface area (Å²) in [6, 6.07) is 6.92. The number of carbonyl (C=O) groups is 1. The van der Waals surface area contributed by atoms with E-state index in [1.165, 1.54) is 7.11 Å². The van der Waals surface area contributed by atoms with Crippen molar-refractivity contribution in [2.45, 2.75) is 20.3 Å². The molecule has 1 aliphatic heterocycles. The number of nitrogens with one attached hydrogen (secondary N) is 1. The summed E-state index contributed by atoms with van der Waals surface area (Å²) in [5.74, 6) is 1.11. The molecule has 1 aromatic carbocycles. The number of carbonyl (C=O) groups excluding carboxylic acids is 1. The van der Waals surface area contributed by atoms with Gasteiger partial charge in [0.1, 0.15) is 17.4 Å². The molecule has 1 amide bonds. The minimum atomic E-state index is -0.469. The van der Waals surface area contributed by atoms with Gasteiger partial charge in [0.15, 0.2) is 0 Å². The Bertz CT molecular complexity index is 671. The number of halogens is 1. The molecule has 0 bridgehead atoms. The van der Waals surface area contributed by atoms with Crippen LogP contribution in [-0.4, -0.2) is 31.0 Å². The quantitative estimate of drug-likeness (QED) is 0.666. The highest BCUT2D eigenvalue weighted by Gasteiger charge is 2.21. The fraction of sp³-hybridized carbons (Fsp3) is 0.444. The first-order valence-electron chi connectivity index (χ1n) is 7.93. The molecule has 24 heavy (non-hydrogen) atoms. The van der Waals surface area contributed by atoms with Crippen molar-refractivity contribution in [2.24, 2.45) is 11.8 Å². The maximum Gasteiger partial charge on any atom is 0.267 e. The first-order chi connectivity index (χ1) is 11.4. The Morgan fingerprint density at radius 3 is 2.67 bits per heavy atom. The zero-order valence-electron chi connectivity index (χ0n) is 14.2. The van der Waals surface area contributed by atoms with E-state index in [1.54, 1.807) is 24.4 Å². The number of nitrogens with zero attached hydrogens (tertiary/aromatic N) is 2. The summed E-state index contributed by atoms with van der Waals surface area (Å²) < 4.78 is 5.21. The summed E-state index contributed by atoms with van der Waals surface area (Å²) in [5.41, 5.74) is 0.509. The maximum absolute atomic E-state index is 12.4. The lowest BCUT2D eigenvalue weighted by Gasteiger charge is -2.34. The van der Waals surface area contributed by atoms with Gasteiger partial charge in [0.2, 0.25) is 0 Å². The Morgan fingerprint density at radius 1 is 1.42 bits per heavy atom. The van der Waals surface area contributed by atoms with Gasteiger partial charge in [-0.25, -0.2) is 0 Å². The third-order valence-electron chi connectivity index (χ3n) is 3.98. The normalized spacial score (nSPS) is 21.1. The predicted octanol–water partition coefficient (Wildman–Crippen LogP) is 3.67. The molecular formula is C18H22ClN3O2. The summed E-state index contributed by atoms with van der Waals surface area (Å²) in [5, 5.41) is 12.5. The van der Waals surface area contributed by atoms with E-state index in [9.17, 15) is 10.1 Å². The Labute approximate surface area is 147 Å². The Morgan fingerprint density at radius 2 is 2.08 bits per heavy atom. The average molecular weight is 348 g/mol. The fourth-order valence-electron chi connectivity index (χ4n) is 3.10. The summed E-state index contributed by atoms with van der Waals surface area (Å²) in [6.07, 6.45) is 2.82. The zero-order chi connectivity index (χ0) is 17.7. The van der Waals surface area contributed by atoms with Crippen LogP contribution in [0.3, 0.4) is 0 Å². The third-order valence-corrected chi connectivity index (χ3v) is 4.22. The van der Waals surface area contributed by atoms with E-state index in [4.69, 9.17) is 16.3 Å². The smallest absolute Gasteiger partial charge is 0.267 e. The molecule has 2 rings (SSSR count). The fourth-order valence-corrected chi connectivity index (χ4v) is 3.28. The van der Waals surface area contributed by atoms with Gasteiger partial charge in [-0.3, -0.25) is 4.79 Å². The molecule has 0 radical (unpaired) electrons. The van der Waals surface area contributed by atoms with Crippen LogP contribution in [-0.2, 0) is 4.79 Å². The molecule has 0 aromatic heterocycles. The number of likely N-dealkylation sites (tertiary alicyclic amines) is 1. The van der Waals surface area contributed by atoms with E-state index in [0.29, 0.717) is 28.3 Å². The number of amides is 1. The van der Waals surface area contributed by atoms with E-state index in [-0.39, 0.29) is 5.57 Å². The molecule has 1 N–H and O–H groups in total. The van der Waals surface area contributed by atoms with Crippen LogP contribution in [0, 0.1) is 23.2 Å². The van der Waals surface area contributed by atoms with Crippen LogP contribution in [0.25, 0.3) is 0 Å². The van der Waals surface area contributed by atoms with Crippen LogP contribution in [0.1, 0.15) is 20.3 Å². The first kappa shape index (κ1) is 18.2. The van der Waals surface area contributed by atoms with Crippen LogP contribution in [0.4, 0.5) is 5.69 Å². The monoisotopic (exact) mass is 347 g/mol. The van der Waals surface area contributed by atoms with Crippen molar-refractivity contribution in [1.82, 2.24) is 4.90 Å². The van der Waals surface area contributed by atoms with Gasteiger partial charge in [0.25, 0.3) is 5.91 Å². The highest BCUT2D eigenvalue weighted by atomic mass is 35.5. The molecular weight excluding hydrogens is 326 g/mol. The SMILES string of the molecule is COc1ccc(Cl)cc1NC(=O)/C(C#N)=C\N1CC(C)CC(C)C1. The van der Waals surface area contributed by atoms with Gasteiger partial charge in [0.05, 0.1) is 12.8 Å². The van der Waals surface area contributed by atoms with E-state index in [1.807, 2.05) is 11.0 Å². The molecule has 0 saturated carbocycles. The summed E-state index contributed by atoms with van der Waals surface area (Å²) in [6.45, 7) is 6.06. The minimum absolute atomic E-state index is 0.0679. The number of nitriles is 1. The van der Waals surface area contributed by atoms with Crippen molar-refractivity contribution in [2.75, 3.05) is 25.5 Å². The van der Waals surface area contributed by atoms with Crippen molar-refractivity contribution in [3.05, 3.63) is 35.0 Å². The summed E-state index contributed by atoms with van der Waals surface area (Å²) in [4.78, 5) is 14.5. The van der Waals surface area contributed by atoms with E-state index in [0.717, 1.165) is 19.5 Å². The highest BCUT2D eigenvalue weighted by Crippen LogP contribution is 2.28. The number of methoxy groups -OCH3 is 1. The van der Waals surface area contributed by atoms with Crippen molar-refractivity contribution < 1.29 is 9.53 Å². The van der Waals surface area contributed by atoms with Crippen molar-refractivity contribution in [3.63, 3.8) is 0 Å². The predicted molar refractivity (Wildman–Crippen MR) is 94.8 cm³/mol. The number of anilines is 1. The van der Waals surface area contributed by atoms with Gasteiger partial charge < -0.3 is 15.0 Å². The number of hydrogen-bond acceptors (Lipinski definition) is 4. The highest BCUT2D eigenvalue weighted by molar-refractivity contribution is 6.31. The standard InChI is InChI=1S/C18H22ClN3O2/c1-12-6-13(2)10-22(9-12)11-14(8-20)18(23)21-16-7-15(19)4-5-17(16)24-3/h4-5,7,11-13H,6,9-10H2,1-3H3,(H,21,23)/b14-11-. The molecule has 1 saturated heterocycles. The Balaban J connectivity index is 2.16. The van der Waals surface area contributed by atoms with Gasteiger partial charge in [0, 0.05) is 24.3 Å². The van der Waals surface area contributed by atoms with Crippen molar-refractivity contribution in [3.8, 4) is 11.8 Å². The Kier molecular flexibility index (Phi) is 6.10. The van der Waals surface area contributed by atoms with Crippen LogP contribution >= 0.6 is 11.6 Å². The van der Waals surface area contributed by atoms with E-state index < -0.39 is 5.91 Å². The van der Waals surface area contributed by atoms with Gasteiger partial charge in [-0.1, -0.05) is 25.4 Å². The molecule has 2 unspecified atom stereocenters. The average Bonchev–Trinajstić information content (AvgIpc) is 2.51. The number of benzene rings is 1. The molecule has 0 aliphatic carbocycles. The number of piperidine rings is 1. The molecule has 128 valence electrons. The lowest BCUT2D eigenvalue weighted by molar-refractivity contribution is -0.112. The number of hydrogen-bond donors (Lipinski definition) is 1. The number of ether oxygens (including phenoxy) is 1. The number of rotatable bonds is 4. The second-order valence-electron chi connectivity index (χ2n) is 6.35. The third kappa shape index (κ3) is 4.65. The lowest BCUT2D eigenvalue weighted by Crippen LogP contribution is -2.35. The van der Waals surface area contributed by atoms with Gasteiger partial charge in [-0.05, 0) is 36.5 Å². The summed E-state index contributed by atoms with van der Waals surface area (Å²) in [7, 11) is 1.51. The molecule has 1 heterocycles. The second kappa shape index (κ2) is 8.07. The van der Waals surface area contributed by atoms with E-state index >= 15 is 0 Å². The summed E-state index contributed by atoms with van der Waals surface area (Å²) >= 11 is 5.96. The van der Waals surface area contributed by atoms with Gasteiger partial charge in [-0.2, -0.15) is 5.26 Å².